The maximum atomic E-state index is 12.4. The second-order valence-electron chi connectivity index (χ2n) is 3.41. The van der Waals surface area contributed by atoms with Gasteiger partial charge in [0.2, 0.25) is 0 Å². The zero-order chi connectivity index (χ0) is 13.3. The van der Waals surface area contributed by atoms with Crippen molar-refractivity contribution >= 4 is 21.6 Å². The standard InChI is InChI=1S/C9H8BrF3N4O/c1-18-8-4-6(2-3-7(8)10)16-5-17(15-14-16)9(11,12)13/h2-4H,5H2,1H3. The first-order valence-corrected chi connectivity index (χ1v) is 5.58. The number of rotatable bonds is 2. The van der Waals surface area contributed by atoms with Crippen LogP contribution in [-0.4, -0.2) is 25.1 Å². The van der Waals surface area contributed by atoms with E-state index in [1.807, 2.05) is 0 Å². The predicted octanol–water partition coefficient (Wildman–Crippen LogP) is 3.34. The smallest absolute Gasteiger partial charge is 0.495 e. The first-order valence-electron chi connectivity index (χ1n) is 4.79. The van der Waals surface area contributed by atoms with Crippen molar-refractivity contribution < 1.29 is 17.9 Å². The second-order valence-corrected chi connectivity index (χ2v) is 4.26. The van der Waals surface area contributed by atoms with Gasteiger partial charge in [0, 0.05) is 6.07 Å². The number of nitrogens with zero attached hydrogens (tertiary/aromatic N) is 4. The van der Waals surface area contributed by atoms with Crippen LogP contribution in [0.15, 0.2) is 33.1 Å². The van der Waals surface area contributed by atoms with Gasteiger partial charge in [0.25, 0.3) is 0 Å². The number of benzene rings is 1. The quantitative estimate of drug-likeness (QED) is 0.783. The number of hydrogen-bond acceptors (Lipinski definition) is 5. The van der Waals surface area contributed by atoms with Gasteiger partial charge in [-0.05, 0) is 38.5 Å². The van der Waals surface area contributed by atoms with Crippen LogP contribution in [0.25, 0.3) is 0 Å². The average molecular weight is 325 g/mol. The third-order valence-electron chi connectivity index (χ3n) is 2.25. The lowest BCUT2D eigenvalue weighted by atomic mass is 10.3. The Morgan fingerprint density at radius 1 is 1.33 bits per heavy atom. The molecule has 2 rings (SSSR count). The lowest BCUT2D eigenvalue weighted by Crippen LogP contribution is -2.36. The van der Waals surface area contributed by atoms with Crippen LogP contribution in [0.2, 0.25) is 0 Å². The number of anilines is 1. The van der Waals surface area contributed by atoms with Crippen molar-refractivity contribution in [3.63, 3.8) is 0 Å². The molecule has 98 valence electrons. The molecule has 1 aliphatic rings. The van der Waals surface area contributed by atoms with Crippen LogP contribution in [0.4, 0.5) is 18.9 Å². The molecule has 0 aliphatic carbocycles. The first-order chi connectivity index (χ1) is 8.41. The maximum absolute atomic E-state index is 12.4. The van der Waals surface area contributed by atoms with Gasteiger partial charge in [-0.1, -0.05) is 0 Å². The molecular formula is C9H8BrF3N4O. The molecule has 0 saturated heterocycles. The van der Waals surface area contributed by atoms with E-state index in [2.05, 4.69) is 26.4 Å². The molecular weight excluding hydrogens is 317 g/mol. The van der Waals surface area contributed by atoms with Gasteiger partial charge in [0.1, 0.15) is 12.4 Å². The van der Waals surface area contributed by atoms with Crippen LogP contribution in [0.1, 0.15) is 0 Å². The number of ether oxygens (including phenoxy) is 1. The Morgan fingerprint density at radius 3 is 2.61 bits per heavy atom. The van der Waals surface area contributed by atoms with Gasteiger partial charge >= 0.3 is 6.30 Å². The summed E-state index contributed by atoms with van der Waals surface area (Å²) in [5.41, 5.74) is 0.463. The number of halogens is 4. The van der Waals surface area contributed by atoms with Gasteiger partial charge in [-0.25, -0.2) is 5.01 Å². The Bertz CT molecular complexity index is 479. The highest BCUT2D eigenvalue weighted by Gasteiger charge is 2.41. The van der Waals surface area contributed by atoms with Crippen molar-refractivity contribution in [3.05, 3.63) is 22.7 Å². The summed E-state index contributed by atoms with van der Waals surface area (Å²) in [4.78, 5) is 0. The molecule has 0 aromatic heterocycles. The van der Waals surface area contributed by atoms with Gasteiger partial charge in [0.15, 0.2) is 0 Å². The highest BCUT2D eigenvalue weighted by molar-refractivity contribution is 9.10. The van der Waals surface area contributed by atoms with Gasteiger partial charge in [-0.2, -0.15) is 5.01 Å². The van der Waals surface area contributed by atoms with E-state index in [-0.39, 0.29) is 5.01 Å². The molecule has 18 heavy (non-hydrogen) atoms. The lowest BCUT2D eigenvalue weighted by molar-refractivity contribution is -0.242. The summed E-state index contributed by atoms with van der Waals surface area (Å²) in [6.45, 7) is -0.478. The molecule has 9 heteroatoms. The highest BCUT2D eigenvalue weighted by Crippen LogP contribution is 2.33. The fourth-order valence-corrected chi connectivity index (χ4v) is 1.76. The molecule has 0 amide bonds. The van der Waals surface area contributed by atoms with Gasteiger partial charge in [-0.3, -0.25) is 0 Å². The Labute approximate surface area is 109 Å². The topological polar surface area (TPSA) is 40.4 Å². The third-order valence-corrected chi connectivity index (χ3v) is 2.90. The zero-order valence-corrected chi connectivity index (χ0v) is 10.7. The summed E-state index contributed by atoms with van der Waals surface area (Å²) in [7, 11) is 1.47. The summed E-state index contributed by atoms with van der Waals surface area (Å²) in [5, 5.41) is 7.58. The van der Waals surface area contributed by atoms with Crippen LogP contribution in [-0.2, 0) is 0 Å². The Balaban J connectivity index is 2.18. The Hall–Kier alpha value is -1.51. The number of hydrogen-bond donors (Lipinski definition) is 0. The molecule has 0 N–H and O–H groups in total. The van der Waals surface area contributed by atoms with Crippen LogP contribution < -0.4 is 9.75 Å². The van der Waals surface area contributed by atoms with E-state index < -0.39 is 13.0 Å². The van der Waals surface area contributed by atoms with Gasteiger partial charge < -0.3 is 4.74 Å². The van der Waals surface area contributed by atoms with E-state index in [0.29, 0.717) is 15.9 Å². The molecule has 1 aliphatic heterocycles. The van der Waals surface area contributed by atoms with Crippen molar-refractivity contribution in [3.8, 4) is 5.75 Å². The van der Waals surface area contributed by atoms with Gasteiger partial charge in [0.05, 0.1) is 17.3 Å². The molecule has 1 heterocycles. The molecule has 0 fully saturated rings. The fraction of sp³-hybridized carbons (Fsp3) is 0.333. The molecule has 0 radical (unpaired) electrons. The molecule has 5 nitrogen and oxygen atoms in total. The average Bonchev–Trinajstić information content (AvgIpc) is 2.78. The molecule has 0 atom stereocenters. The normalized spacial score (nSPS) is 15.4. The molecule has 0 bridgehead atoms. The van der Waals surface area contributed by atoms with Crippen LogP contribution in [0.5, 0.6) is 5.75 Å². The molecule has 0 unspecified atom stereocenters. The summed E-state index contributed by atoms with van der Waals surface area (Å²) in [5.74, 6) is 0.508. The summed E-state index contributed by atoms with van der Waals surface area (Å²) in [6, 6.07) is 4.86. The minimum Gasteiger partial charge on any atom is -0.495 e. The van der Waals surface area contributed by atoms with E-state index in [4.69, 9.17) is 4.74 Å². The fourth-order valence-electron chi connectivity index (χ4n) is 1.35. The minimum absolute atomic E-state index is 0.0540. The van der Waals surface area contributed by atoms with E-state index in [1.54, 1.807) is 18.2 Å². The van der Waals surface area contributed by atoms with Crippen LogP contribution in [0, 0.1) is 0 Å². The monoisotopic (exact) mass is 324 g/mol. The Morgan fingerprint density at radius 2 is 2.06 bits per heavy atom. The summed E-state index contributed by atoms with van der Waals surface area (Å²) < 4.78 is 42.9. The summed E-state index contributed by atoms with van der Waals surface area (Å²) in [6.07, 6.45) is -4.53. The largest absolute Gasteiger partial charge is 0.503 e. The Kier molecular flexibility index (Phi) is 3.33. The molecule has 0 saturated carbocycles. The summed E-state index contributed by atoms with van der Waals surface area (Å²) >= 11 is 3.25. The van der Waals surface area contributed by atoms with Crippen LogP contribution in [0.3, 0.4) is 0 Å². The molecule has 1 aromatic rings. The van der Waals surface area contributed by atoms with Crippen molar-refractivity contribution in [2.75, 3.05) is 18.8 Å². The van der Waals surface area contributed by atoms with Crippen LogP contribution >= 0.6 is 15.9 Å². The SMILES string of the molecule is COc1cc(N2CN(C(F)(F)F)N=N2)ccc1Br. The molecule has 1 aromatic carbocycles. The predicted molar refractivity (Wildman–Crippen MR) is 60.8 cm³/mol. The maximum Gasteiger partial charge on any atom is 0.503 e. The van der Waals surface area contributed by atoms with E-state index in [0.717, 1.165) is 5.01 Å². The lowest BCUT2D eigenvalue weighted by Gasteiger charge is -2.18. The number of methoxy groups -OCH3 is 1. The molecule has 0 spiro atoms. The second kappa shape index (κ2) is 4.63. The van der Waals surface area contributed by atoms with Crippen molar-refractivity contribution in [2.45, 2.75) is 6.30 Å². The minimum atomic E-state index is -4.53. The van der Waals surface area contributed by atoms with E-state index >= 15 is 0 Å². The third kappa shape index (κ3) is 2.50. The zero-order valence-electron chi connectivity index (χ0n) is 9.15. The van der Waals surface area contributed by atoms with Crippen molar-refractivity contribution in [1.29, 1.82) is 0 Å². The van der Waals surface area contributed by atoms with E-state index in [9.17, 15) is 13.2 Å². The van der Waals surface area contributed by atoms with Crippen molar-refractivity contribution in [1.82, 2.24) is 5.01 Å². The number of alkyl halides is 3. The highest BCUT2D eigenvalue weighted by atomic mass is 79.9. The van der Waals surface area contributed by atoms with Gasteiger partial charge in [-0.15, -0.1) is 13.2 Å². The van der Waals surface area contributed by atoms with E-state index in [1.165, 1.54) is 7.11 Å². The van der Waals surface area contributed by atoms with Crippen molar-refractivity contribution in [2.24, 2.45) is 10.4 Å². The first kappa shape index (κ1) is 12.9.